The zero-order valence-corrected chi connectivity index (χ0v) is 19.9. The van der Waals surface area contributed by atoms with Crippen LogP contribution in [-0.4, -0.2) is 25.8 Å². The second-order valence-corrected chi connectivity index (χ2v) is 9.00. The Kier molecular flexibility index (Phi) is 6.94. The first-order valence-corrected chi connectivity index (χ1v) is 11.6. The average Bonchev–Trinajstić information content (AvgIpc) is 3.24. The van der Waals surface area contributed by atoms with Crippen molar-refractivity contribution in [2.45, 2.75) is 45.6 Å². The van der Waals surface area contributed by atoms with Crippen LogP contribution in [0.3, 0.4) is 0 Å². The standard InChI is InChI=1S/C26H29ClN6/c1-17(2)22-15-24(33(32-22)21-13-11-20(27)12-14-21)23-16-25(31-26(28)30-23)29-18(3)9-10-19-7-5-4-6-8-19/h4-8,11-18H,9-10H2,1-3H3,(H3,28,29,30,31). The summed E-state index contributed by atoms with van der Waals surface area (Å²) in [4.78, 5) is 8.94. The van der Waals surface area contributed by atoms with Gasteiger partial charge in [-0.2, -0.15) is 10.1 Å². The van der Waals surface area contributed by atoms with E-state index in [0.717, 1.165) is 35.6 Å². The Morgan fingerprint density at radius 3 is 2.39 bits per heavy atom. The largest absolute Gasteiger partial charge is 0.368 e. The lowest BCUT2D eigenvalue weighted by atomic mass is 10.1. The number of rotatable bonds is 8. The Balaban J connectivity index is 1.61. The summed E-state index contributed by atoms with van der Waals surface area (Å²) >= 11 is 6.09. The molecule has 4 aromatic rings. The summed E-state index contributed by atoms with van der Waals surface area (Å²) in [5.41, 5.74) is 10.9. The molecule has 1 atom stereocenters. The van der Waals surface area contributed by atoms with Crippen molar-refractivity contribution in [2.75, 3.05) is 11.1 Å². The van der Waals surface area contributed by atoms with Crippen LogP contribution < -0.4 is 11.1 Å². The first kappa shape index (κ1) is 22.8. The van der Waals surface area contributed by atoms with Crippen molar-refractivity contribution in [3.05, 3.63) is 83.0 Å². The van der Waals surface area contributed by atoms with Gasteiger partial charge in [0.15, 0.2) is 0 Å². The van der Waals surface area contributed by atoms with E-state index in [-0.39, 0.29) is 17.9 Å². The van der Waals surface area contributed by atoms with Gasteiger partial charge < -0.3 is 11.1 Å². The molecule has 0 fully saturated rings. The lowest BCUT2D eigenvalue weighted by molar-refractivity contribution is 0.703. The molecule has 4 rings (SSSR count). The molecule has 170 valence electrons. The minimum Gasteiger partial charge on any atom is -0.368 e. The van der Waals surface area contributed by atoms with Gasteiger partial charge in [0, 0.05) is 17.1 Å². The maximum Gasteiger partial charge on any atom is 0.222 e. The van der Waals surface area contributed by atoms with Crippen LogP contribution in [0.2, 0.25) is 5.02 Å². The molecule has 0 amide bonds. The minimum atomic E-state index is 0.222. The molecular formula is C26H29ClN6. The summed E-state index contributed by atoms with van der Waals surface area (Å²) in [6.07, 6.45) is 1.97. The van der Waals surface area contributed by atoms with Crippen molar-refractivity contribution in [3.8, 4) is 17.1 Å². The normalized spacial score (nSPS) is 12.2. The highest BCUT2D eigenvalue weighted by Crippen LogP contribution is 2.28. The van der Waals surface area contributed by atoms with E-state index in [0.29, 0.717) is 10.8 Å². The maximum atomic E-state index is 6.10. The number of aromatic nitrogens is 4. The van der Waals surface area contributed by atoms with Crippen LogP contribution in [0.15, 0.2) is 66.7 Å². The number of aryl methyl sites for hydroxylation is 1. The van der Waals surface area contributed by atoms with Gasteiger partial charge >= 0.3 is 0 Å². The molecule has 0 spiro atoms. The Labute approximate surface area is 199 Å². The summed E-state index contributed by atoms with van der Waals surface area (Å²) in [5.74, 6) is 1.19. The van der Waals surface area contributed by atoms with Crippen LogP contribution in [-0.2, 0) is 6.42 Å². The van der Waals surface area contributed by atoms with Gasteiger partial charge in [-0.05, 0) is 61.6 Å². The molecule has 0 saturated carbocycles. The molecule has 0 bridgehead atoms. The van der Waals surface area contributed by atoms with Gasteiger partial charge in [-0.3, -0.25) is 0 Å². The van der Waals surface area contributed by atoms with E-state index in [4.69, 9.17) is 22.4 Å². The van der Waals surface area contributed by atoms with Crippen LogP contribution in [0.5, 0.6) is 0 Å². The molecule has 7 heteroatoms. The predicted molar refractivity (Wildman–Crippen MR) is 136 cm³/mol. The number of anilines is 2. The highest BCUT2D eigenvalue weighted by atomic mass is 35.5. The van der Waals surface area contributed by atoms with Gasteiger partial charge in [0.25, 0.3) is 0 Å². The number of nitrogens with one attached hydrogen (secondary N) is 1. The number of nitrogen functional groups attached to an aromatic ring is 1. The molecular weight excluding hydrogens is 432 g/mol. The maximum absolute atomic E-state index is 6.10. The van der Waals surface area contributed by atoms with Crippen molar-refractivity contribution in [1.82, 2.24) is 19.7 Å². The van der Waals surface area contributed by atoms with E-state index < -0.39 is 0 Å². The number of hydrogen-bond acceptors (Lipinski definition) is 5. The van der Waals surface area contributed by atoms with Crippen LogP contribution in [0, 0.1) is 0 Å². The van der Waals surface area contributed by atoms with E-state index >= 15 is 0 Å². The first-order valence-electron chi connectivity index (χ1n) is 11.2. The number of nitrogens with zero attached hydrogens (tertiary/aromatic N) is 4. The van der Waals surface area contributed by atoms with E-state index in [1.165, 1.54) is 5.56 Å². The Bertz CT molecular complexity index is 1200. The zero-order valence-electron chi connectivity index (χ0n) is 19.2. The summed E-state index contributed by atoms with van der Waals surface area (Å²) in [6.45, 7) is 6.39. The summed E-state index contributed by atoms with van der Waals surface area (Å²) in [7, 11) is 0. The Morgan fingerprint density at radius 2 is 1.70 bits per heavy atom. The number of hydrogen-bond donors (Lipinski definition) is 2. The molecule has 0 radical (unpaired) electrons. The van der Waals surface area contributed by atoms with Crippen LogP contribution in [0.4, 0.5) is 11.8 Å². The van der Waals surface area contributed by atoms with Gasteiger partial charge in [0.05, 0.1) is 22.8 Å². The van der Waals surface area contributed by atoms with E-state index in [1.807, 2.05) is 41.1 Å². The smallest absolute Gasteiger partial charge is 0.222 e. The first-order chi connectivity index (χ1) is 15.9. The zero-order chi connectivity index (χ0) is 23.4. The van der Waals surface area contributed by atoms with Gasteiger partial charge in [0.2, 0.25) is 5.95 Å². The Morgan fingerprint density at radius 1 is 0.970 bits per heavy atom. The third-order valence-electron chi connectivity index (χ3n) is 5.50. The third kappa shape index (κ3) is 5.71. The van der Waals surface area contributed by atoms with Crippen LogP contribution in [0.1, 0.15) is 44.4 Å². The lowest BCUT2D eigenvalue weighted by Gasteiger charge is -2.16. The molecule has 2 aromatic heterocycles. The third-order valence-corrected chi connectivity index (χ3v) is 5.75. The second kappa shape index (κ2) is 10.0. The quantitative estimate of drug-likeness (QED) is 0.331. The fourth-order valence-corrected chi connectivity index (χ4v) is 3.79. The van der Waals surface area contributed by atoms with Gasteiger partial charge in [-0.25, -0.2) is 9.67 Å². The van der Waals surface area contributed by atoms with Crippen LogP contribution >= 0.6 is 11.6 Å². The minimum absolute atomic E-state index is 0.222. The summed E-state index contributed by atoms with van der Waals surface area (Å²) in [5, 5.41) is 8.98. The average molecular weight is 461 g/mol. The molecule has 2 aromatic carbocycles. The van der Waals surface area contributed by atoms with E-state index in [1.54, 1.807) is 0 Å². The molecule has 33 heavy (non-hydrogen) atoms. The van der Waals surface area contributed by atoms with Crippen molar-refractivity contribution in [2.24, 2.45) is 0 Å². The highest BCUT2D eigenvalue weighted by Gasteiger charge is 2.17. The molecule has 0 aliphatic heterocycles. The molecule has 0 aliphatic carbocycles. The molecule has 0 saturated heterocycles. The summed E-state index contributed by atoms with van der Waals surface area (Å²) < 4.78 is 1.88. The predicted octanol–water partition coefficient (Wildman–Crippen LogP) is 6.12. The molecule has 2 heterocycles. The second-order valence-electron chi connectivity index (χ2n) is 8.56. The van der Waals surface area contributed by atoms with Crippen molar-refractivity contribution in [3.63, 3.8) is 0 Å². The number of halogens is 1. The van der Waals surface area contributed by atoms with Crippen LogP contribution in [0.25, 0.3) is 17.1 Å². The fraction of sp³-hybridized carbons (Fsp3) is 0.269. The van der Waals surface area contributed by atoms with Gasteiger partial charge in [-0.15, -0.1) is 0 Å². The number of nitrogens with two attached hydrogens (primary N) is 1. The lowest BCUT2D eigenvalue weighted by Crippen LogP contribution is -2.17. The van der Waals surface area contributed by atoms with Crippen molar-refractivity contribution >= 4 is 23.4 Å². The highest BCUT2D eigenvalue weighted by molar-refractivity contribution is 6.30. The molecule has 1 unspecified atom stereocenters. The SMILES string of the molecule is CC(CCc1ccccc1)Nc1cc(-c2cc(C(C)C)nn2-c2ccc(Cl)cc2)nc(N)n1. The van der Waals surface area contributed by atoms with Gasteiger partial charge in [-0.1, -0.05) is 55.8 Å². The van der Waals surface area contributed by atoms with Crippen molar-refractivity contribution < 1.29 is 0 Å². The Hall–Kier alpha value is -3.38. The fourth-order valence-electron chi connectivity index (χ4n) is 3.67. The van der Waals surface area contributed by atoms with E-state index in [2.05, 4.69) is 66.4 Å². The molecule has 3 N–H and O–H groups in total. The van der Waals surface area contributed by atoms with Crippen molar-refractivity contribution in [1.29, 1.82) is 0 Å². The van der Waals surface area contributed by atoms with Gasteiger partial charge in [0.1, 0.15) is 5.82 Å². The number of benzene rings is 2. The molecule has 6 nitrogen and oxygen atoms in total. The monoisotopic (exact) mass is 460 g/mol. The van der Waals surface area contributed by atoms with E-state index in [9.17, 15) is 0 Å². The molecule has 0 aliphatic rings. The topological polar surface area (TPSA) is 81.7 Å². The summed E-state index contributed by atoms with van der Waals surface area (Å²) in [6, 6.07) is 22.3.